The van der Waals surface area contributed by atoms with Crippen LogP contribution in [-0.2, 0) is 19.5 Å². The van der Waals surface area contributed by atoms with Crippen LogP contribution in [0.25, 0.3) is 5.69 Å². The number of piperidine rings is 1. The molecule has 0 bridgehead atoms. The van der Waals surface area contributed by atoms with Gasteiger partial charge in [0, 0.05) is 44.6 Å². The van der Waals surface area contributed by atoms with Crippen LogP contribution in [0.15, 0.2) is 67.0 Å². The molecule has 4 heteroatoms. The zero-order chi connectivity index (χ0) is 18.8. The van der Waals surface area contributed by atoms with Gasteiger partial charge in [0.1, 0.15) is 0 Å². The van der Waals surface area contributed by atoms with E-state index in [-0.39, 0.29) is 0 Å². The molecule has 0 radical (unpaired) electrons. The fraction of sp³-hybridized carbons (Fsp3) is 0.375. The Morgan fingerprint density at radius 1 is 0.964 bits per heavy atom. The average molecular weight is 373 g/mol. The molecule has 1 atom stereocenters. The van der Waals surface area contributed by atoms with E-state index in [1.165, 1.54) is 50.0 Å². The van der Waals surface area contributed by atoms with E-state index in [9.17, 15) is 0 Å². The maximum Gasteiger partial charge on any atom is 0.0648 e. The molecule has 1 unspecified atom stereocenters. The Hall–Kier alpha value is -2.43. The van der Waals surface area contributed by atoms with Crippen molar-refractivity contribution in [2.75, 3.05) is 19.6 Å². The van der Waals surface area contributed by atoms with Crippen molar-refractivity contribution in [3.8, 4) is 5.69 Å². The van der Waals surface area contributed by atoms with Gasteiger partial charge in [0.25, 0.3) is 0 Å². The Morgan fingerprint density at radius 3 is 2.79 bits per heavy atom. The Bertz CT molecular complexity index is 918. The fourth-order valence-electron chi connectivity index (χ4n) is 4.78. The standard InChI is InChI=1S/C24H28N4/c1-2-8-22-18-27(15-11-21(22)7-1)24-10-4-13-26(19-24)17-20-6-3-9-23(16-20)28-14-5-12-25-28/h1-3,5-9,12,14,16,24H,4,10-11,13,15,17-19H2. The van der Waals surface area contributed by atoms with E-state index >= 15 is 0 Å². The van der Waals surface area contributed by atoms with Gasteiger partial charge in [0.2, 0.25) is 0 Å². The van der Waals surface area contributed by atoms with Crippen LogP contribution in [-0.4, -0.2) is 45.3 Å². The highest BCUT2D eigenvalue weighted by molar-refractivity contribution is 5.35. The lowest BCUT2D eigenvalue weighted by Gasteiger charge is -2.41. The van der Waals surface area contributed by atoms with E-state index in [4.69, 9.17) is 0 Å². The highest BCUT2D eigenvalue weighted by Crippen LogP contribution is 2.25. The largest absolute Gasteiger partial charge is 0.298 e. The van der Waals surface area contributed by atoms with Crippen molar-refractivity contribution in [1.29, 1.82) is 0 Å². The van der Waals surface area contributed by atoms with Gasteiger partial charge >= 0.3 is 0 Å². The van der Waals surface area contributed by atoms with Crippen LogP contribution in [0.4, 0.5) is 0 Å². The topological polar surface area (TPSA) is 24.3 Å². The lowest BCUT2D eigenvalue weighted by molar-refractivity contribution is 0.0838. The van der Waals surface area contributed by atoms with Gasteiger partial charge < -0.3 is 0 Å². The second-order valence-corrected chi connectivity index (χ2v) is 8.14. The zero-order valence-corrected chi connectivity index (χ0v) is 16.4. The van der Waals surface area contributed by atoms with Crippen molar-refractivity contribution < 1.29 is 0 Å². The third-order valence-corrected chi connectivity index (χ3v) is 6.24. The highest BCUT2D eigenvalue weighted by atomic mass is 15.3. The molecule has 144 valence electrons. The van der Waals surface area contributed by atoms with Crippen molar-refractivity contribution >= 4 is 0 Å². The Kier molecular flexibility index (Phi) is 4.98. The SMILES string of the molecule is c1cc(CN2CCCC(N3CCc4ccccc4C3)C2)cc(-n2cccn2)c1. The second-order valence-electron chi connectivity index (χ2n) is 8.14. The van der Waals surface area contributed by atoms with Gasteiger partial charge in [-0.3, -0.25) is 9.80 Å². The molecule has 0 saturated carbocycles. The molecule has 28 heavy (non-hydrogen) atoms. The molecule has 4 nitrogen and oxygen atoms in total. The number of nitrogens with zero attached hydrogens (tertiary/aromatic N) is 4. The number of likely N-dealkylation sites (tertiary alicyclic amines) is 1. The summed E-state index contributed by atoms with van der Waals surface area (Å²) in [4.78, 5) is 5.35. The maximum atomic E-state index is 4.36. The predicted molar refractivity (Wildman–Crippen MR) is 112 cm³/mol. The molecule has 2 aliphatic heterocycles. The highest BCUT2D eigenvalue weighted by Gasteiger charge is 2.27. The molecule has 5 rings (SSSR count). The molecule has 2 aromatic carbocycles. The summed E-state index contributed by atoms with van der Waals surface area (Å²) in [6, 6.07) is 20.4. The number of hydrogen-bond acceptors (Lipinski definition) is 3. The first-order chi connectivity index (χ1) is 13.8. The molecule has 1 fully saturated rings. The van der Waals surface area contributed by atoms with Gasteiger partial charge in [-0.1, -0.05) is 36.4 Å². The number of benzene rings is 2. The molecule has 2 aliphatic rings. The minimum Gasteiger partial charge on any atom is -0.298 e. The summed E-state index contributed by atoms with van der Waals surface area (Å²) in [5.74, 6) is 0. The number of fused-ring (bicyclic) bond motifs is 1. The number of rotatable bonds is 4. The summed E-state index contributed by atoms with van der Waals surface area (Å²) in [7, 11) is 0. The Morgan fingerprint density at radius 2 is 1.89 bits per heavy atom. The Balaban J connectivity index is 1.25. The quantitative estimate of drug-likeness (QED) is 0.694. The molecule has 3 heterocycles. The molecule has 1 aromatic heterocycles. The van der Waals surface area contributed by atoms with E-state index in [1.807, 2.05) is 23.1 Å². The second kappa shape index (κ2) is 7.90. The van der Waals surface area contributed by atoms with Crippen molar-refractivity contribution in [3.05, 3.63) is 83.7 Å². The van der Waals surface area contributed by atoms with E-state index in [0.29, 0.717) is 6.04 Å². The number of aromatic nitrogens is 2. The predicted octanol–water partition coefficient (Wildman–Crippen LogP) is 3.90. The van der Waals surface area contributed by atoms with Crippen molar-refractivity contribution in [1.82, 2.24) is 19.6 Å². The smallest absolute Gasteiger partial charge is 0.0648 e. The van der Waals surface area contributed by atoms with Crippen LogP contribution < -0.4 is 0 Å². The van der Waals surface area contributed by atoms with Gasteiger partial charge in [0.15, 0.2) is 0 Å². The molecular formula is C24H28N4. The van der Waals surface area contributed by atoms with Crippen LogP contribution in [0, 0.1) is 0 Å². The van der Waals surface area contributed by atoms with E-state index in [0.717, 1.165) is 18.8 Å². The van der Waals surface area contributed by atoms with Gasteiger partial charge in [-0.05, 0) is 60.7 Å². The summed E-state index contributed by atoms with van der Waals surface area (Å²) in [5.41, 5.74) is 5.58. The van der Waals surface area contributed by atoms with Crippen LogP contribution in [0.5, 0.6) is 0 Å². The average Bonchev–Trinajstić information content (AvgIpc) is 3.29. The van der Waals surface area contributed by atoms with Crippen molar-refractivity contribution in [2.45, 2.75) is 38.4 Å². The molecule has 3 aromatic rings. The molecule has 0 amide bonds. The minimum absolute atomic E-state index is 0.677. The summed E-state index contributed by atoms with van der Waals surface area (Å²) in [5, 5.41) is 4.36. The van der Waals surface area contributed by atoms with E-state index in [1.54, 1.807) is 5.56 Å². The third-order valence-electron chi connectivity index (χ3n) is 6.24. The normalized spacial score (nSPS) is 20.8. The monoisotopic (exact) mass is 372 g/mol. The van der Waals surface area contributed by atoms with Gasteiger partial charge in [-0.15, -0.1) is 0 Å². The zero-order valence-electron chi connectivity index (χ0n) is 16.4. The molecule has 0 spiro atoms. The van der Waals surface area contributed by atoms with E-state index in [2.05, 4.69) is 63.4 Å². The first-order valence-electron chi connectivity index (χ1n) is 10.5. The van der Waals surface area contributed by atoms with Gasteiger partial charge in [-0.2, -0.15) is 5.10 Å². The lowest BCUT2D eigenvalue weighted by Crippen LogP contribution is -2.49. The molecule has 0 aliphatic carbocycles. The van der Waals surface area contributed by atoms with Crippen LogP contribution in [0.3, 0.4) is 0 Å². The van der Waals surface area contributed by atoms with Crippen molar-refractivity contribution in [3.63, 3.8) is 0 Å². The van der Waals surface area contributed by atoms with E-state index < -0.39 is 0 Å². The van der Waals surface area contributed by atoms with Crippen molar-refractivity contribution in [2.24, 2.45) is 0 Å². The van der Waals surface area contributed by atoms with Crippen LogP contribution >= 0.6 is 0 Å². The summed E-state index contributed by atoms with van der Waals surface area (Å²) >= 11 is 0. The summed E-state index contributed by atoms with van der Waals surface area (Å²) in [6.45, 7) is 5.71. The summed E-state index contributed by atoms with van der Waals surface area (Å²) in [6.07, 6.45) is 7.65. The van der Waals surface area contributed by atoms with Crippen LogP contribution in [0.2, 0.25) is 0 Å². The minimum atomic E-state index is 0.677. The van der Waals surface area contributed by atoms with Gasteiger partial charge in [0.05, 0.1) is 5.69 Å². The molecule has 1 saturated heterocycles. The first kappa shape index (κ1) is 17.7. The maximum absolute atomic E-state index is 4.36. The fourth-order valence-corrected chi connectivity index (χ4v) is 4.78. The number of hydrogen-bond donors (Lipinski definition) is 0. The molecule has 0 N–H and O–H groups in total. The summed E-state index contributed by atoms with van der Waals surface area (Å²) < 4.78 is 1.94. The lowest BCUT2D eigenvalue weighted by atomic mass is 9.96. The van der Waals surface area contributed by atoms with Gasteiger partial charge in [-0.25, -0.2) is 4.68 Å². The Labute approximate surface area is 167 Å². The third kappa shape index (κ3) is 3.75. The molecular weight excluding hydrogens is 344 g/mol. The van der Waals surface area contributed by atoms with Crippen LogP contribution in [0.1, 0.15) is 29.5 Å². The first-order valence-corrected chi connectivity index (χ1v) is 10.5.